The number of nitrogens with zero attached hydrogens (tertiary/aromatic N) is 2. The molecule has 102 valence electrons. The Morgan fingerprint density at radius 3 is 2.45 bits per heavy atom. The molecule has 0 atom stereocenters. The molecule has 0 aliphatic rings. The summed E-state index contributed by atoms with van der Waals surface area (Å²) in [6.45, 7) is 1.44. The van der Waals surface area contributed by atoms with Crippen LogP contribution in [-0.2, 0) is 4.74 Å². The quantitative estimate of drug-likeness (QED) is 0.634. The molecule has 0 unspecified atom stereocenters. The van der Waals surface area contributed by atoms with Gasteiger partial charge in [0.15, 0.2) is 18.1 Å². The molecule has 0 N–H and O–H groups in total. The Bertz CT molecular complexity index is 566. The number of aromatic nitrogens is 2. The van der Waals surface area contributed by atoms with Gasteiger partial charge in [-0.15, -0.1) is 0 Å². The van der Waals surface area contributed by atoms with Gasteiger partial charge in [-0.3, -0.25) is 9.78 Å². The van der Waals surface area contributed by atoms with Crippen molar-refractivity contribution in [1.29, 1.82) is 0 Å². The second-order valence-electron chi connectivity index (χ2n) is 4.05. The number of carbonyl (C=O) groups is 2. The first-order valence-corrected chi connectivity index (χ1v) is 6.60. The van der Waals surface area contributed by atoms with Crippen LogP contribution in [0.3, 0.4) is 0 Å². The number of esters is 1. The predicted molar refractivity (Wildman–Crippen MR) is 75.5 cm³/mol. The fourth-order valence-electron chi connectivity index (χ4n) is 1.42. The Hall–Kier alpha value is -2.08. The molecule has 0 fully saturated rings. The monoisotopic (exact) mass is 334 g/mol. The molecule has 0 aliphatic heterocycles. The number of ketones is 1. The molecule has 1 heterocycles. The molecule has 0 saturated heterocycles. The molecule has 2 rings (SSSR count). The van der Waals surface area contributed by atoms with Gasteiger partial charge in [0, 0.05) is 16.2 Å². The normalized spacial score (nSPS) is 10.1. The number of hydrogen-bond acceptors (Lipinski definition) is 5. The molecule has 5 nitrogen and oxygen atoms in total. The first kappa shape index (κ1) is 14.3. The lowest BCUT2D eigenvalue weighted by Gasteiger charge is -2.04. The zero-order chi connectivity index (χ0) is 14.5. The first-order valence-electron chi connectivity index (χ1n) is 5.81. The van der Waals surface area contributed by atoms with Gasteiger partial charge in [0.25, 0.3) is 0 Å². The number of carbonyl (C=O) groups excluding carboxylic acids is 2. The number of halogens is 1. The summed E-state index contributed by atoms with van der Waals surface area (Å²) < 4.78 is 5.79. The summed E-state index contributed by atoms with van der Waals surface area (Å²) >= 11 is 3.28. The summed E-state index contributed by atoms with van der Waals surface area (Å²) in [5.74, 6) is -0.936. The van der Waals surface area contributed by atoms with Crippen molar-refractivity contribution in [1.82, 2.24) is 9.97 Å². The van der Waals surface area contributed by atoms with E-state index in [-0.39, 0.29) is 18.1 Å². The summed E-state index contributed by atoms with van der Waals surface area (Å²) in [5.41, 5.74) is 1.27. The van der Waals surface area contributed by atoms with Crippen LogP contribution in [0.25, 0.3) is 0 Å². The van der Waals surface area contributed by atoms with Gasteiger partial charge in [0.1, 0.15) is 0 Å². The lowest BCUT2D eigenvalue weighted by molar-refractivity contribution is 0.0468. The van der Waals surface area contributed by atoms with Crippen LogP contribution in [-0.4, -0.2) is 28.3 Å². The van der Waals surface area contributed by atoms with Gasteiger partial charge in [-0.05, 0) is 19.1 Å². The maximum atomic E-state index is 11.8. The smallest absolute Gasteiger partial charge is 0.358 e. The fraction of sp³-hybridized carbons (Fsp3) is 0.143. The van der Waals surface area contributed by atoms with E-state index in [0.29, 0.717) is 11.3 Å². The topological polar surface area (TPSA) is 69.2 Å². The molecule has 0 radical (unpaired) electrons. The van der Waals surface area contributed by atoms with E-state index in [1.165, 1.54) is 12.4 Å². The van der Waals surface area contributed by atoms with E-state index in [2.05, 4.69) is 25.9 Å². The minimum atomic E-state index is -0.664. The lowest BCUT2D eigenvalue weighted by atomic mass is 10.1. The van der Waals surface area contributed by atoms with Gasteiger partial charge >= 0.3 is 5.97 Å². The Labute approximate surface area is 124 Å². The average molecular weight is 335 g/mol. The van der Waals surface area contributed by atoms with E-state index < -0.39 is 5.97 Å². The number of Topliss-reactive ketones (excluding diaryl/α,β-unsaturated/α-hetero) is 1. The van der Waals surface area contributed by atoms with Crippen molar-refractivity contribution in [3.05, 3.63) is 58.1 Å². The minimum Gasteiger partial charge on any atom is -0.453 e. The van der Waals surface area contributed by atoms with Crippen LogP contribution in [0.2, 0.25) is 0 Å². The number of benzene rings is 1. The third-order valence-electron chi connectivity index (χ3n) is 2.49. The summed E-state index contributed by atoms with van der Waals surface area (Å²) in [6, 6.07) is 6.82. The average Bonchev–Trinajstić information content (AvgIpc) is 2.46. The highest BCUT2D eigenvalue weighted by Crippen LogP contribution is 2.11. The Morgan fingerprint density at radius 1 is 1.15 bits per heavy atom. The standard InChI is InChI=1S/C14H11BrN2O3/c1-9-6-17-12(7-16-9)14(19)20-8-13(18)10-2-4-11(15)5-3-10/h2-7H,8H2,1H3. The zero-order valence-electron chi connectivity index (χ0n) is 10.7. The van der Waals surface area contributed by atoms with Crippen LogP contribution in [0.1, 0.15) is 26.5 Å². The predicted octanol–water partition coefficient (Wildman–Crippen LogP) is 2.59. The van der Waals surface area contributed by atoms with Crippen LogP contribution in [0, 0.1) is 6.92 Å². The summed E-state index contributed by atoms with van der Waals surface area (Å²) in [5, 5.41) is 0. The van der Waals surface area contributed by atoms with Crippen molar-refractivity contribution >= 4 is 27.7 Å². The summed E-state index contributed by atoms with van der Waals surface area (Å²) in [4.78, 5) is 31.3. The van der Waals surface area contributed by atoms with E-state index in [9.17, 15) is 9.59 Å². The molecular formula is C14H11BrN2O3. The van der Waals surface area contributed by atoms with Crippen LogP contribution in [0.15, 0.2) is 41.1 Å². The highest BCUT2D eigenvalue weighted by Gasteiger charge is 2.13. The van der Waals surface area contributed by atoms with Gasteiger partial charge in [0.2, 0.25) is 0 Å². The van der Waals surface area contributed by atoms with Crippen molar-refractivity contribution < 1.29 is 14.3 Å². The Balaban J connectivity index is 1.94. The molecule has 1 aromatic heterocycles. The SMILES string of the molecule is Cc1cnc(C(=O)OCC(=O)c2ccc(Br)cc2)cn1. The van der Waals surface area contributed by atoms with Crippen LogP contribution in [0.4, 0.5) is 0 Å². The summed E-state index contributed by atoms with van der Waals surface area (Å²) in [6.07, 6.45) is 2.79. The number of aryl methyl sites for hydroxylation is 1. The number of hydrogen-bond donors (Lipinski definition) is 0. The molecule has 0 saturated carbocycles. The molecule has 20 heavy (non-hydrogen) atoms. The number of ether oxygens (including phenoxy) is 1. The van der Waals surface area contributed by atoms with Gasteiger partial charge in [-0.2, -0.15) is 0 Å². The van der Waals surface area contributed by atoms with Gasteiger partial charge in [0.05, 0.1) is 11.9 Å². The summed E-state index contributed by atoms with van der Waals surface area (Å²) in [7, 11) is 0. The lowest BCUT2D eigenvalue weighted by Crippen LogP contribution is -2.15. The van der Waals surface area contributed by atoms with Crippen molar-refractivity contribution in [3.63, 3.8) is 0 Å². The molecule has 6 heteroatoms. The van der Waals surface area contributed by atoms with E-state index >= 15 is 0 Å². The zero-order valence-corrected chi connectivity index (χ0v) is 12.3. The van der Waals surface area contributed by atoms with Gasteiger partial charge < -0.3 is 4.74 Å². The van der Waals surface area contributed by atoms with Crippen molar-refractivity contribution in [2.75, 3.05) is 6.61 Å². The van der Waals surface area contributed by atoms with Crippen molar-refractivity contribution in [3.8, 4) is 0 Å². The van der Waals surface area contributed by atoms with Gasteiger partial charge in [-0.1, -0.05) is 28.1 Å². The van der Waals surface area contributed by atoms with Crippen molar-refractivity contribution in [2.45, 2.75) is 6.92 Å². The second kappa shape index (κ2) is 6.38. The molecule has 0 aliphatic carbocycles. The van der Waals surface area contributed by atoms with Crippen LogP contribution >= 0.6 is 15.9 Å². The molecule has 0 bridgehead atoms. The molecule has 0 amide bonds. The van der Waals surface area contributed by atoms with Crippen LogP contribution in [0.5, 0.6) is 0 Å². The Morgan fingerprint density at radius 2 is 1.85 bits per heavy atom. The molecule has 1 aromatic carbocycles. The van der Waals surface area contributed by atoms with E-state index in [1.807, 2.05) is 0 Å². The maximum Gasteiger partial charge on any atom is 0.358 e. The number of rotatable bonds is 4. The highest BCUT2D eigenvalue weighted by atomic mass is 79.9. The third kappa shape index (κ3) is 3.71. The third-order valence-corrected chi connectivity index (χ3v) is 3.02. The minimum absolute atomic E-state index is 0.0826. The molecular weight excluding hydrogens is 324 g/mol. The van der Waals surface area contributed by atoms with Gasteiger partial charge in [-0.25, -0.2) is 9.78 Å². The van der Waals surface area contributed by atoms with E-state index in [0.717, 1.165) is 4.47 Å². The van der Waals surface area contributed by atoms with E-state index in [4.69, 9.17) is 4.74 Å². The highest BCUT2D eigenvalue weighted by molar-refractivity contribution is 9.10. The second-order valence-corrected chi connectivity index (χ2v) is 4.96. The molecule has 2 aromatic rings. The first-order chi connectivity index (χ1) is 9.56. The largest absolute Gasteiger partial charge is 0.453 e. The van der Waals surface area contributed by atoms with Crippen molar-refractivity contribution in [2.24, 2.45) is 0 Å². The fourth-order valence-corrected chi connectivity index (χ4v) is 1.69. The maximum absolute atomic E-state index is 11.8. The Kier molecular flexibility index (Phi) is 4.57. The van der Waals surface area contributed by atoms with E-state index in [1.54, 1.807) is 31.2 Å². The molecule has 0 spiro atoms. The van der Waals surface area contributed by atoms with Crippen LogP contribution < -0.4 is 0 Å².